The molecule has 0 atom stereocenters. The molecule has 39 heavy (non-hydrogen) atoms. The summed E-state index contributed by atoms with van der Waals surface area (Å²) in [5, 5.41) is 3.80. The fraction of sp³-hybridized carbons (Fsp3) is 0.296. The zero-order valence-corrected chi connectivity index (χ0v) is 22.6. The van der Waals surface area contributed by atoms with E-state index in [4.69, 9.17) is 9.47 Å². The van der Waals surface area contributed by atoms with Gasteiger partial charge in [0, 0.05) is 37.6 Å². The van der Waals surface area contributed by atoms with Crippen molar-refractivity contribution < 1.29 is 14.3 Å². The van der Waals surface area contributed by atoms with Gasteiger partial charge in [-0.25, -0.2) is 14.2 Å². The molecule has 0 unspecified atom stereocenters. The topological polar surface area (TPSA) is 127 Å². The Hall–Kier alpha value is -4.87. The molecule has 0 saturated heterocycles. The monoisotopic (exact) mass is 531 g/mol. The first-order valence-electron chi connectivity index (χ1n) is 12.2. The van der Waals surface area contributed by atoms with Gasteiger partial charge in [0.2, 0.25) is 5.95 Å². The predicted octanol–water partition coefficient (Wildman–Crippen LogP) is 3.37. The van der Waals surface area contributed by atoms with Crippen molar-refractivity contribution in [1.29, 1.82) is 0 Å². The minimum absolute atomic E-state index is 0.184. The first kappa shape index (κ1) is 25.8. The highest BCUT2D eigenvalue weighted by atomic mass is 16.6. The van der Waals surface area contributed by atoms with Crippen LogP contribution < -0.4 is 21.3 Å². The summed E-state index contributed by atoms with van der Waals surface area (Å²) in [5.41, 5.74) is 0.231. The van der Waals surface area contributed by atoms with Crippen molar-refractivity contribution in [2.45, 2.75) is 32.9 Å². The summed E-state index contributed by atoms with van der Waals surface area (Å²) in [6.07, 6.45) is 2.63. The molecule has 5 aromatic rings. The second kappa shape index (κ2) is 9.46. The molecule has 0 fully saturated rings. The van der Waals surface area contributed by atoms with Gasteiger partial charge in [-0.15, -0.1) is 0 Å². The number of carbonyl (C=O) groups is 1. The molecule has 0 aliphatic rings. The number of aryl methyl sites for hydroxylation is 2. The molecule has 0 radical (unpaired) electrons. The Morgan fingerprint density at radius 1 is 1.05 bits per heavy atom. The number of imidazole rings is 1. The van der Waals surface area contributed by atoms with Crippen molar-refractivity contribution in [3.63, 3.8) is 0 Å². The Balaban J connectivity index is 1.68. The van der Waals surface area contributed by atoms with E-state index < -0.39 is 22.9 Å². The lowest BCUT2D eigenvalue weighted by Gasteiger charge is -2.21. The van der Waals surface area contributed by atoms with Gasteiger partial charge in [-0.2, -0.15) is 4.98 Å². The lowest BCUT2D eigenvalue weighted by Crippen LogP contribution is -2.40. The number of nitrogens with zero attached hydrogens (tertiary/aromatic N) is 6. The number of anilines is 2. The summed E-state index contributed by atoms with van der Waals surface area (Å²) >= 11 is 0. The van der Waals surface area contributed by atoms with Gasteiger partial charge in [0.1, 0.15) is 11.4 Å². The van der Waals surface area contributed by atoms with Gasteiger partial charge < -0.3 is 19.4 Å². The van der Waals surface area contributed by atoms with Crippen molar-refractivity contribution in [3.05, 3.63) is 75.3 Å². The standard InChI is InChI=1S/C27H29N7O5/c1-27(2,3)39-26(37)34-17(14-18-19(34)8-7-9-20(18)38-6)15-33-23(35)21-22(32(5)25(33)36)30-24(31(21)4)29-16-10-12-28-13-11-16/h7-14H,15H2,1-6H3,(H,28,29,30). The lowest BCUT2D eigenvalue weighted by molar-refractivity contribution is 0.0540. The molecule has 4 heterocycles. The van der Waals surface area contributed by atoms with Crippen LogP contribution in [0.5, 0.6) is 5.75 Å². The molecule has 0 saturated carbocycles. The van der Waals surface area contributed by atoms with Crippen molar-refractivity contribution in [1.82, 2.24) is 28.2 Å². The number of methoxy groups -OCH3 is 1. The van der Waals surface area contributed by atoms with Gasteiger partial charge >= 0.3 is 11.8 Å². The van der Waals surface area contributed by atoms with Crippen molar-refractivity contribution >= 4 is 39.8 Å². The van der Waals surface area contributed by atoms with Crippen LogP contribution in [0.2, 0.25) is 0 Å². The van der Waals surface area contributed by atoms with Crippen LogP contribution in [0.3, 0.4) is 0 Å². The second-order valence-electron chi connectivity index (χ2n) is 10.1. The number of nitrogens with one attached hydrogen (secondary N) is 1. The van der Waals surface area contributed by atoms with Gasteiger partial charge in [-0.05, 0) is 51.1 Å². The lowest BCUT2D eigenvalue weighted by atomic mass is 10.2. The zero-order chi connectivity index (χ0) is 28.1. The number of ether oxygens (including phenoxy) is 2. The molecule has 0 bridgehead atoms. The third-order valence-corrected chi connectivity index (χ3v) is 6.29. The molecule has 1 aromatic carbocycles. The Labute approximate surface area is 223 Å². The normalized spacial score (nSPS) is 11.7. The van der Waals surface area contributed by atoms with Crippen LogP contribution in [-0.4, -0.2) is 47.0 Å². The van der Waals surface area contributed by atoms with Gasteiger partial charge in [0.15, 0.2) is 11.2 Å². The Morgan fingerprint density at radius 3 is 2.44 bits per heavy atom. The molecule has 0 amide bonds. The van der Waals surface area contributed by atoms with Gasteiger partial charge in [0.05, 0.1) is 24.9 Å². The van der Waals surface area contributed by atoms with Crippen LogP contribution in [0.4, 0.5) is 16.4 Å². The second-order valence-corrected chi connectivity index (χ2v) is 10.1. The molecule has 12 nitrogen and oxygen atoms in total. The smallest absolute Gasteiger partial charge is 0.419 e. The molecule has 0 aliphatic carbocycles. The summed E-state index contributed by atoms with van der Waals surface area (Å²) in [7, 11) is 4.78. The Bertz CT molecular complexity index is 1840. The number of hydrogen-bond acceptors (Lipinski definition) is 8. The summed E-state index contributed by atoms with van der Waals surface area (Å²) in [6.45, 7) is 5.12. The minimum Gasteiger partial charge on any atom is -0.496 e. The van der Waals surface area contributed by atoms with Crippen LogP contribution in [-0.2, 0) is 25.4 Å². The largest absolute Gasteiger partial charge is 0.496 e. The summed E-state index contributed by atoms with van der Waals surface area (Å²) < 4.78 is 16.5. The highest BCUT2D eigenvalue weighted by Crippen LogP contribution is 2.30. The summed E-state index contributed by atoms with van der Waals surface area (Å²) in [4.78, 5) is 49.0. The van der Waals surface area contributed by atoms with Crippen LogP contribution >= 0.6 is 0 Å². The van der Waals surface area contributed by atoms with E-state index in [0.717, 1.165) is 10.3 Å². The van der Waals surface area contributed by atoms with Crippen LogP contribution in [0.1, 0.15) is 26.5 Å². The summed E-state index contributed by atoms with van der Waals surface area (Å²) in [6, 6.07) is 10.5. The van der Waals surface area contributed by atoms with Gasteiger partial charge in [-0.1, -0.05) is 6.07 Å². The molecular formula is C27H29N7O5. The predicted molar refractivity (Wildman–Crippen MR) is 147 cm³/mol. The maximum absolute atomic E-state index is 13.7. The number of fused-ring (bicyclic) bond motifs is 2. The number of pyridine rings is 1. The van der Waals surface area contributed by atoms with Crippen LogP contribution in [0, 0.1) is 0 Å². The average molecular weight is 532 g/mol. The molecule has 1 N–H and O–H groups in total. The maximum Gasteiger partial charge on any atom is 0.419 e. The first-order valence-corrected chi connectivity index (χ1v) is 12.2. The SMILES string of the molecule is COc1cccc2c1cc(Cn1c(=O)c3c(nc(Nc4ccncc4)n3C)n(C)c1=O)n2C(=O)OC(C)(C)C. The fourth-order valence-corrected chi connectivity index (χ4v) is 4.50. The molecular weight excluding hydrogens is 502 g/mol. The Morgan fingerprint density at radius 2 is 1.77 bits per heavy atom. The van der Waals surface area contributed by atoms with Crippen LogP contribution in [0.15, 0.2) is 58.4 Å². The molecule has 202 valence electrons. The van der Waals surface area contributed by atoms with E-state index >= 15 is 0 Å². The number of hydrogen-bond donors (Lipinski definition) is 1. The van der Waals surface area contributed by atoms with E-state index in [0.29, 0.717) is 28.3 Å². The molecule has 4 aromatic heterocycles. The fourth-order valence-electron chi connectivity index (χ4n) is 4.50. The van der Waals surface area contributed by atoms with Crippen molar-refractivity contribution in [2.75, 3.05) is 12.4 Å². The molecule has 0 aliphatic heterocycles. The number of rotatable bonds is 5. The van der Waals surface area contributed by atoms with E-state index in [2.05, 4.69) is 15.3 Å². The average Bonchev–Trinajstić information content (AvgIpc) is 3.42. The molecule has 0 spiro atoms. The zero-order valence-electron chi connectivity index (χ0n) is 22.6. The van der Waals surface area contributed by atoms with Gasteiger partial charge in [-0.3, -0.25) is 18.9 Å². The maximum atomic E-state index is 13.7. The third kappa shape index (κ3) is 4.54. The Kier molecular flexibility index (Phi) is 6.25. The van der Waals surface area contributed by atoms with Crippen LogP contribution in [0.25, 0.3) is 22.1 Å². The van der Waals surface area contributed by atoms with E-state index in [9.17, 15) is 14.4 Å². The van der Waals surface area contributed by atoms with E-state index in [1.54, 1.807) is 88.2 Å². The van der Waals surface area contributed by atoms with E-state index in [1.807, 2.05) is 0 Å². The van der Waals surface area contributed by atoms with E-state index in [-0.39, 0.29) is 17.7 Å². The minimum atomic E-state index is -0.761. The summed E-state index contributed by atoms with van der Waals surface area (Å²) in [5.74, 6) is 0.930. The van der Waals surface area contributed by atoms with Gasteiger partial charge in [0.25, 0.3) is 5.56 Å². The number of benzene rings is 1. The third-order valence-electron chi connectivity index (χ3n) is 6.29. The first-order chi connectivity index (χ1) is 18.5. The molecule has 12 heteroatoms. The number of carbonyl (C=O) groups excluding carboxylic acids is 1. The number of aromatic nitrogens is 6. The molecule has 5 rings (SSSR count). The van der Waals surface area contributed by atoms with E-state index in [1.165, 1.54) is 16.2 Å². The highest BCUT2D eigenvalue weighted by Gasteiger charge is 2.25. The highest BCUT2D eigenvalue weighted by molar-refractivity contribution is 5.94. The van der Waals surface area contributed by atoms with Crippen molar-refractivity contribution in [3.8, 4) is 5.75 Å². The quantitative estimate of drug-likeness (QED) is 0.366. The van der Waals surface area contributed by atoms with Crippen molar-refractivity contribution in [2.24, 2.45) is 14.1 Å².